The number of nitrogen functional groups attached to an aromatic ring is 1. The third kappa shape index (κ3) is 4.14. The van der Waals surface area contributed by atoms with Gasteiger partial charge in [0.1, 0.15) is 5.82 Å². The summed E-state index contributed by atoms with van der Waals surface area (Å²) in [6, 6.07) is 14.5. The molecule has 1 aromatic heterocycles. The average molecular weight is 402 g/mol. The Labute approximate surface area is 166 Å². The molecule has 6 N–H and O–H groups in total. The Kier molecular flexibility index (Phi) is 5.81. The first kappa shape index (κ1) is 19.0. The van der Waals surface area contributed by atoms with Gasteiger partial charge in [0.25, 0.3) is 0 Å². The lowest BCUT2D eigenvalue weighted by Crippen LogP contribution is -2.18. The van der Waals surface area contributed by atoms with Crippen molar-refractivity contribution in [3.63, 3.8) is 0 Å². The van der Waals surface area contributed by atoms with Gasteiger partial charge < -0.3 is 22.0 Å². The predicted octanol–water partition coefficient (Wildman–Crippen LogP) is 3.86. The summed E-state index contributed by atoms with van der Waals surface area (Å²) >= 11 is 12.3. The van der Waals surface area contributed by atoms with Crippen LogP contribution >= 0.6 is 23.2 Å². The molecule has 2 aromatic carbocycles. The van der Waals surface area contributed by atoms with Crippen LogP contribution in [0.25, 0.3) is 11.1 Å². The molecule has 1 heterocycles. The fourth-order valence-corrected chi connectivity index (χ4v) is 2.87. The topological polar surface area (TPSA) is 110 Å². The van der Waals surface area contributed by atoms with Crippen LogP contribution in [0.4, 0.5) is 11.5 Å². The Morgan fingerprint density at radius 3 is 2.52 bits per heavy atom. The fourth-order valence-electron chi connectivity index (χ4n) is 2.52. The van der Waals surface area contributed by atoms with Crippen LogP contribution in [0.15, 0.2) is 59.8 Å². The van der Waals surface area contributed by atoms with E-state index in [1.54, 1.807) is 24.4 Å². The van der Waals surface area contributed by atoms with Crippen molar-refractivity contribution >= 4 is 40.5 Å². The number of hydrogen-bond donors (Lipinski definition) is 4. The minimum absolute atomic E-state index is 0.0141. The number of aromatic nitrogens is 1. The monoisotopic (exact) mass is 401 g/mol. The van der Waals surface area contributed by atoms with E-state index in [4.69, 9.17) is 34.8 Å². The molecule has 0 saturated heterocycles. The molecule has 0 saturated carbocycles. The van der Waals surface area contributed by atoms with Gasteiger partial charge in [-0.25, -0.2) is 4.98 Å². The van der Waals surface area contributed by atoms with Crippen LogP contribution in [0.5, 0.6) is 0 Å². The number of benzene rings is 2. The maximum atomic E-state index is 9.18. The molecule has 3 aromatic rings. The molecule has 0 aliphatic carbocycles. The van der Waals surface area contributed by atoms with Gasteiger partial charge in [-0.05, 0) is 29.3 Å². The molecule has 0 unspecified atom stereocenters. The molecule has 27 heavy (non-hydrogen) atoms. The van der Waals surface area contributed by atoms with E-state index in [1.165, 1.54) is 0 Å². The van der Waals surface area contributed by atoms with Crippen molar-refractivity contribution in [2.24, 2.45) is 10.9 Å². The Balaban J connectivity index is 1.97. The van der Waals surface area contributed by atoms with Crippen LogP contribution in [0.1, 0.15) is 11.1 Å². The van der Waals surface area contributed by atoms with E-state index < -0.39 is 0 Å². The molecule has 0 spiro atoms. The van der Waals surface area contributed by atoms with E-state index in [-0.39, 0.29) is 12.4 Å². The molecule has 138 valence electrons. The normalized spacial score (nSPS) is 11.4. The molecule has 0 radical (unpaired) electrons. The van der Waals surface area contributed by atoms with Crippen LogP contribution in [-0.4, -0.2) is 15.9 Å². The van der Waals surface area contributed by atoms with Crippen molar-refractivity contribution in [1.29, 1.82) is 0 Å². The second kappa shape index (κ2) is 8.26. The summed E-state index contributed by atoms with van der Waals surface area (Å²) in [5, 5.41) is 16.8. The molecule has 0 aliphatic heterocycles. The second-order valence-corrected chi connectivity index (χ2v) is 6.50. The van der Waals surface area contributed by atoms with Crippen LogP contribution in [0.2, 0.25) is 10.0 Å². The molecule has 6 nitrogen and oxygen atoms in total. The van der Waals surface area contributed by atoms with Gasteiger partial charge in [0.2, 0.25) is 0 Å². The molecule has 0 bridgehead atoms. The van der Waals surface area contributed by atoms with E-state index in [1.807, 2.05) is 30.3 Å². The molecule has 8 heteroatoms. The lowest BCUT2D eigenvalue weighted by atomic mass is 10.0. The number of amidine groups is 1. The Morgan fingerprint density at radius 2 is 1.85 bits per heavy atom. The first-order valence-electron chi connectivity index (χ1n) is 7.98. The van der Waals surface area contributed by atoms with E-state index in [0.717, 1.165) is 16.7 Å². The number of pyridine rings is 1. The lowest BCUT2D eigenvalue weighted by molar-refractivity contribution is 0.282. The van der Waals surface area contributed by atoms with Gasteiger partial charge in [-0.2, -0.15) is 5.10 Å². The number of halogens is 2. The van der Waals surface area contributed by atoms with Crippen molar-refractivity contribution in [3.8, 4) is 11.1 Å². The number of hydrazone groups is 1. The zero-order valence-electron chi connectivity index (χ0n) is 14.2. The third-order valence-corrected chi connectivity index (χ3v) is 4.80. The fraction of sp³-hybridized carbons (Fsp3) is 0.0526. The van der Waals surface area contributed by atoms with E-state index >= 15 is 0 Å². The van der Waals surface area contributed by atoms with Crippen molar-refractivity contribution < 1.29 is 5.11 Å². The highest BCUT2D eigenvalue weighted by Gasteiger charge is 2.14. The smallest absolute Gasteiger partial charge is 0.161 e. The maximum Gasteiger partial charge on any atom is 0.161 e. The van der Waals surface area contributed by atoms with Gasteiger partial charge >= 0.3 is 0 Å². The number of nitrogens with one attached hydrogen (secondary N) is 1. The number of rotatable bonds is 4. The summed E-state index contributed by atoms with van der Waals surface area (Å²) in [6.07, 6.45) is 1.66. The minimum atomic E-state index is -0.0141. The summed E-state index contributed by atoms with van der Waals surface area (Å²) in [4.78, 5) is 4.24. The van der Waals surface area contributed by atoms with Crippen LogP contribution in [0.3, 0.4) is 0 Å². The highest BCUT2D eigenvalue weighted by atomic mass is 35.5. The van der Waals surface area contributed by atoms with Crippen molar-refractivity contribution in [2.75, 3.05) is 11.1 Å². The zero-order chi connectivity index (χ0) is 19.4. The lowest BCUT2D eigenvalue weighted by Gasteiger charge is -2.14. The standard InChI is InChI=1S/C19H17Cl2N5O/c20-15-2-1-3-16(17(15)21)25-19(26-23)14-8-13(9-24-18(14)22)12-6-4-11(10-27)5-7-12/h1-9,27H,10,23H2,(H2,22,24)(H,25,26). The highest BCUT2D eigenvalue weighted by Crippen LogP contribution is 2.30. The van der Waals surface area contributed by atoms with E-state index in [0.29, 0.717) is 27.1 Å². The molecule has 3 rings (SSSR count). The molecule has 0 amide bonds. The summed E-state index contributed by atoms with van der Waals surface area (Å²) < 4.78 is 0. The van der Waals surface area contributed by atoms with Crippen LogP contribution in [-0.2, 0) is 6.61 Å². The number of nitrogens with two attached hydrogens (primary N) is 2. The summed E-state index contributed by atoms with van der Waals surface area (Å²) in [5.74, 6) is 6.14. The Hall–Kier alpha value is -2.80. The predicted molar refractivity (Wildman–Crippen MR) is 111 cm³/mol. The average Bonchev–Trinajstić information content (AvgIpc) is 2.70. The van der Waals surface area contributed by atoms with Gasteiger partial charge in [0, 0.05) is 11.8 Å². The number of anilines is 2. The van der Waals surface area contributed by atoms with Crippen molar-refractivity contribution in [1.82, 2.24) is 4.98 Å². The van der Waals surface area contributed by atoms with Crippen LogP contribution in [0, 0.1) is 0 Å². The second-order valence-electron chi connectivity index (χ2n) is 5.72. The first-order valence-corrected chi connectivity index (χ1v) is 8.74. The van der Waals surface area contributed by atoms with Crippen molar-refractivity contribution in [2.45, 2.75) is 6.61 Å². The molecular formula is C19H17Cl2N5O. The molecule has 0 atom stereocenters. The zero-order valence-corrected chi connectivity index (χ0v) is 15.7. The van der Waals surface area contributed by atoms with Gasteiger partial charge in [-0.1, -0.05) is 53.5 Å². The Bertz CT molecular complexity index is 990. The number of nitrogens with zero attached hydrogens (tertiary/aromatic N) is 2. The Morgan fingerprint density at radius 1 is 1.11 bits per heavy atom. The summed E-state index contributed by atoms with van der Waals surface area (Å²) in [7, 11) is 0. The molecule has 0 aliphatic rings. The van der Waals surface area contributed by atoms with E-state index in [9.17, 15) is 5.11 Å². The number of hydrogen-bond acceptors (Lipinski definition) is 5. The first-order chi connectivity index (χ1) is 13.0. The molecule has 0 fully saturated rings. The largest absolute Gasteiger partial charge is 0.392 e. The SMILES string of the molecule is N/N=C(\Nc1cccc(Cl)c1Cl)c1cc(-c2ccc(CO)cc2)cnc1N. The van der Waals surface area contributed by atoms with Crippen molar-refractivity contribution in [3.05, 3.63) is 75.9 Å². The van der Waals surface area contributed by atoms with E-state index in [2.05, 4.69) is 15.4 Å². The molecular weight excluding hydrogens is 385 g/mol. The highest BCUT2D eigenvalue weighted by molar-refractivity contribution is 6.44. The van der Waals surface area contributed by atoms with Crippen LogP contribution < -0.4 is 16.9 Å². The number of aliphatic hydroxyl groups is 1. The van der Waals surface area contributed by atoms with Gasteiger partial charge in [0.05, 0.1) is 27.9 Å². The number of aliphatic hydroxyl groups excluding tert-OH is 1. The van der Waals surface area contributed by atoms with Gasteiger partial charge in [0.15, 0.2) is 5.84 Å². The minimum Gasteiger partial charge on any atom is -0.392 e. The van der Waals surface area contributed by atoms with Gasteiger partial charge in [-0.15, -0.1) is 0 Å². The summed E-state index contributed by atoms with van der Waals surface area (Å²) in [6.45, 7) is -0.0141. The van der Waals surface area contributed by atoms with Gasteiger partial charge in [-0.3, -0.25) is 0 Å². The quantitative estimate of drug-likeness (QED) is 0.229. The third-order valence-electron chi connectivity index (χ3n) is 3.98. The summed E-state index contributed by atoms with van der Waals surface area (Å²) in [5.41, 5.74) is 9.66. The maximum absolute atomic E-state index is 9.18.